The van der Waals surface area contributed by atoms with E-state index in [-0.39, 0.29) is 0 Å². The molecule has 0 bridgehead atoms. The lowest BCUT2D eigenvalue weighted by Gasteiger charge is -2.20. The fraction of sp³-hybridized carbons (Fsp3) is 0. The molecule has 2 nitrogen and oxygen atoms in total. The van der Waals surface area contributed by atoms with Crippen LogP contribution in [-0.4, -0.2) is 9.97 Å². The number of fused-ring (bicyclic) bond motifs is 6. The molecule has 0 unspecified atom stereocenters. The van der Waals surface area contributed by atoms with Gasteiger partial charge in [0.25, 0.3) is 0 Å². The number of nitrogens with zero attached hydrogens (tertiary/aromatic N) is 2. The molecule has 50 heavy (non-hydrogen) atoms. The maximum atomic E-state index is 4.94. The fourth-order valence-electron chi connectivity index (χ4n) is 7.88. The van der Waals surface area contributed by atoms with E-state index in [2.05, 4.69) is 158 Å². The number of aromatic nitrogens is 2. The van der Waals surface area contributed by atoms with Crippen molar-refractivity contribution < 1.29 is 0 Å². The van der Waals surface area contributed by atoms with Crippen LogP contribution in [0.15, 0.2) is 158 Å². The highest BCUT2D eigenvalue weighted by Crippen LogP contribution is 2.57. The van der Waals surface area contributed by atoms with Crippen molar-refractivity contribution in [1.29, 1.82) is 0 Å². The SMILES string of the molecule is c1cc2c3c(cccc3c1)-c1c-2c(-c2ccc(-c3nc4ccccc4s3)cc2)c2ccccc2c1-c1ccc(-c2nc3ccccc3s2)cc1. The smallest absolute Gasteiger partial charge is 0.124 e. The highest BCUT2D eigenvalue weighted by Gasteiger charge is 2.30. The van der Waals surface area contributed by atoms with E-state index < -0.39 is 0 Å². The fourth-order valence-corrected chi connectivity index (χ4v) is 9.83. The van der Waals surface area contributed by atoms with Gasteiger partial charge in [-0.1, -0.05) is 133 Å². The Bertz CT molecular complexity index is 2700. The molecule has 0 atom stereocenters. The molecule has 1 aliphatic carbocycles. The van der Waals surface area contributed by atoms with Gasteiger partial charge in [0.1, 0.15) is 10.0 Å². The van der Waals surface area contributed by atoms with Gasteiger partial charge >= 0.3 is 0 Å². The second-order valence-corrected chi connectivity index (χ2v) is 14.9. The van der Waals surface area contributed by atoms with E-state index >= 15 is 0 Å². The standard InChI is InChI=1S/C46H26N2S2/c1-2-12-33-32(11-1)41(28-19-23-30(24-20-28)45-47-36-15-3-5-17-38(36)49-45)43-34-13-7-9-27-10-8-14-35(40(27)34)44(43)42(33)29-21-25-31(26-22-29)46-48-37-16-4-6-18-39(37)50-46/h1-26H. The normalized spacial score (nSPS) is 12.0. The van der Waals surface area contributed by atoms with Crippen LogP contribution in [0.1, 0.15) is 0 Å². The summed E-state index contributed by atoms with van der Waals surface area (Å²) in [6.07, 6.45) is 0. The zero-order chi connectivity index (χ0) is 32.8. The lowest BCUT2D eigenvalue weighted by molar-refractivity contribution is 1.47. The maximum absolute atomic E-state index is 4.94. The lowest BCUT2D eigenvalue weighted by atomic mass is 9.82. The van der Waals surface area contributed by atoms with Crippen LogP contribution >= 0.6 is 22.7 Å². The molecule has 4 heteroatoms. The summed E-state index contributed by atoms with van der Waals surface area (Å²) in [6, 6.07) is 57.4. The molecule has 0 amide bonds. The minimum Gasteiger partial charge on any atom is -0.236 e. The summed E-state index contributed by atoms with van der Waals surface area (Å²) in [5.74, 6) is 0. The highest BCUT2D eigenvalue weighted by molar-refractivity contribution is 7.22. The summed E-state index contributed by atoms with van der Waals surface area (Å²) in [7, 11) is 0. The van der Waals surface area contributed by atoms with E-state index in [1.54, 1.807) is 22.7 Å². The Morgan fingerprint density at radius 2 is 0.760 bits per heavy atom. The van der Waals surface area contributed by atoms with E-state index in [9.17, 15) is 0 Å². The first-order valence-electron chi connectivity index (χ1n) is 16.8. The van der Waals surface area contributed by atoms with Crippen LogP contribution in [0.2, 0.25) is 0 Å². The Morgan fingerprint density at radius 1 is 0.340 bits per heavy atom. The topological polar surface area (TPSA) is 25.8 Å². The van der Waals surface area contributed by atoms with Gasteiger partial charge in [0.2, 0.25) is 0 Å². The van der Waals surface area contributed by atoms with Gasteiger partial charge in [-0.05, 0) is 90.3 Å². The third-order valence-electron chi connectivity index (χ3n) is 10.1. The van der Waals surface area contributed by atoms with Gasteiger partial charge in [-0.25, -0.2) is 9.97 Å². The Kier molecular flexibility index (Phi) is 6.03. The Labute approximate surface area is 296 Å². The van der Waals surface area contributed by atoms with Crippen molar-refractivity contribution in [2.24, 2.45) is 0 Å². The zero-order valence-corrected chi connectivity index (χ0v) is 28.4. The predicted octanol–water partition coefficient (Wildman–Crippen LogP) is 13.5. The van der Waals surface area contributed by atoms with Gasteiger partial charge in [-0.2, -0.15) is 0 Å². The summed E-state index contributed by atoms with van der Waals surface area (Å²) in [6.45, 7) is 0. The minimum absolute atomic E-state index is 1.05. The maximum Gasteiger partial charge on any atom is 0.124 e. The van der Waals surface area contributed by atoms with E-state index in [0.717, 1.165) is 32.2 Å². The van der Waals surface area contributed by atoms with Crippen LogP contribution in [0.25, 0.3) is 108 Å². The van der Waals surface area contributed by atoms with E-state index in [1.165, 1.54) is 75.5 Å². The van der Waals surface area contributed by atoms with Crippen molar-refractivity contribution in [2.45, 2.75) is 0 Å². The van der Waals surface area contributed by atoms with Gasteiger partial charge in [0, 0.05) is 11.1 Å². The number of thiazole rings is 2. The second-order valence-electron chi connectivity index (χ2n) is 12.9. The monoisotopic (exact) mass is 670 g/mol. The Hall–Kier alpha value is -5.94. The molecule has 0 N–H and O–H groups in total. The van der Waals surface area contributed by atoms with Crippen molar-refractivity contribution in [3.8, 4) is 65.6 Å². The van der Waals surface area contributed by atoms with Crippen LogP contribution in [0.5, 0.6) is 0 Å². The molecule has 10 aromatic rings. The first-order chi connectivity index (χ1) is 24.8. The molecule has 232 valence electrons. The summed E-state index contributed by atoms with van der Waals surface area (Å²) in [4.78, 5) is 9.89. The van der Waals surface area contributed by atoms with Crippen LogP contribution < -0.4 is 0 Å². The summed E-state index contributed by atoms with van der Waals surface area (Å²) in [5, 5.41) is 7.22. The molecule has 0 aliphatic heterocycles. The lowest BCUT2D eigenvalue weighted by Crippen LogP contribution is -1.94. The summed E-state index contributed by atoms with van der Waals surface area (Å²) < 4.78 is 2.43. The van der Waals surface area contributed by atoms with Crippen LogP contribution in [0.4, 0.5) is 0 Å². The molecule has 8 aromatic carbocycles. The predicted molar refractivity (Wildman–Crippen MR) is 214 cm³/mol. The van der Waals surface area contributed by atoms with E-state index in [0.29, 0.717) is 0 Å². The quantitative estimate of drug-likeness (QED) is 0.186. The van der Waals surface area contributed by atoms with Crippen molar-refractivity contribution >= 4 is 64.7 Å². The third-order valence-corrected chi connectivity index (χ3v) is 12.3. The summed E-state index contributed by atoms with van der Waals surface area (Å²) >= 11 is 3.50. The van der Waals surface area contributed by atoms with Crippen molar-refractivity contribution in [3.05, 3.63) is 158 Å². The molecular formula is C46H26N2S2. The van der Waals surface area contributed by atoms with E-state index in [1.807, 2.05) is 0 Å². The first kappa shape index (κ1) is 28.0. The highest BCUT2D eigenvalue weighted by atomic mass is 32.1. The third kappa shape index (κ3) is 4.13. The molecule has 0 spiro atoms. The van der Waals surface area contributed by atoms with Crippen LogP contribution in [0, 0.1) is 0 Å². The van der Waals surface area contributed by atoms with Crippen molar-refractivity contribution in [3.63, 3.8) is 0 Å². The number of hydrogen-bond acceptors (Lipinski definition) is 4. The first-order valence-corrected chi connectivity index (χ1v) is 18.5. The van der Waals surface area contributed by atoms with Gasteiger partial charge in [-0.15, -0.1) is 22.7 Å². The van der Waals surface area contributed by atoms with E-state index in [4.69, 9.17) is 9.97 Å². The van der Waals surface area contributed by atoms with Gasteiger partial charge < -0.3 is 0 Å². The van der Waals surface area contributed by atoms with Gasteiger partial charge in [-0.3, -0.25) is 0 Å². The minimum atomic E-state index is 1.05. The number of benzene rings is 8. The van der Waals surface area contributed by atoms with Gasteiger partial charge in [0.05, 0.1) is 20.4 Å². The average molecular weight is 671 g/mol. The second kappa shape index (κ2) is 10.8. The Morgan fingerprint density at radius 3 is 1.22 bits per heavy atom. The molecule has 0 saturated carbocycles. The van der Waals surface area contributed by atoms with Crippen molar-refractivity contribution in [1.82, 2.24) is 9.97 Å². The molecule has 1 aliphatic rings. The molecule has 11 rings (SSSR count). The molecule has 0 fully saturated rings. The zero-order valence-electron chi connectivity index (χ0n) is 26.7. The molecular weight excluding hydrogens is 645 g/mol. The van der Waals surface area contributed by atoms with Gasteiger partial charge in [0.15, 0.2) is 0 Å². The van der Waals surface area contributed by atoms with Crippen molar-refractivity contribution in [2.75, 3.05) is 0 Å². The molecule has 2 heterocycles. The van der Waals surface area contributed by atoms with Crippen LogP contribution in [-0.2, 0) is 0 Å². The van der Waals surface area contributed by atoms with Crippen LogP contribution in [0.3, 0.4) is 0 Å². The number of para-hydroxylation sites is 2. The number of rotatable bonds is 4. The molecule has 2 aromatic heterocycles. The molecule has 0 saturated heterocycles. The Balaban J connectivity index is 1.14. The summed E-state index contributed by atoms with van der Waals surface area (Å²) in [5.41, 5.74) is 14.6. The average Bonchev–Trinajstić information content (AvgIpc) is 3.90. The largest absolute Gasteiger partial charge is 0.236 e. The number of hydrogen-bond donors (Lipinski definition) is 0. The molecule has 0 radical (unpaired) electrons.